The Morgan fingerprint density at radius 1 is 1.00 bits per heavy atom. The summed E-state index contributed by atoms with van der Waals surface area (Å²) in [5, 5.41) is 2.44. The molecule has 1 unspecified atom stereocenters. The summed E-state index contributed by atoms with van der Waals surface area (Å²) in [4.78, 5) is 39.2. The number of rotatable bonds is 10. The number of methoxy groups -OCH3 is 1. The van der Waals surface area contributed by atoms with E-state index in [9.17, 15) is 14.4 Å². The van der Waals surface area contributed by atoms with Crippen LogP contribution in [0.4, 0.5) is 10.5 Å². The van der Waals surface area contributed by atoms with Gasteiger partial charge in [0.25, 0.3) is 11.8 Å². The summed E-state index contributed by atoms with van der Waals surface area (Å²) in [6.45, 7) is 6.67. The van der Waals surface area contributed by atoms with Gasteiger partial charge in [-0.25, -0.2) is 9.69 Å². The summed E-state index contributed by atoms with van der Waals surface area (Å²) in [5.41, 5.74) is 2.68. The molecule has 8 nitrogen and oxygen atoms in total. The standard InChI is InChI=1S/C31H31ClN2O6/c1-5-20(3)22-9-11-24(12-10-22)39-13-14-40-28-26(32)17-21(18-27(28)38-4)16-25-29(35)33-31(37)34(30(25)36)23-8-6-7-19(2)15-23/h6-12,15-18,20H,5,13-14H2,1-4H3,(H,33,35,37)/b25-16-. The highest BCUT2D eigenvalue weighted by Crippen LogP contribution is 2.37. The fraction of sp³-hybridized carbons (Fsp3) is 0.258. The quantitative estimate of drug-likeness (QED) is 0.177. The molecule has 1 heterocycles. The van der Waals surface area contributed by atoms with Crippen molar-refractivity contribution in [2.45, 2.75) is 33.1 Å². The Labute approximate surface area is 238 Å². The third-order valence-electron chi connectivity index (χ3n) is 6.58. The SMILES string of the molecule is CCC(C)c1ccc(OCCOc2c(Cl)cc(/C=C3/C(=O)NC(=O)N(c4cccc(C)c4)C3=O)cc2OC)cc1. The fourth-order valence-electron chi connectivity index (χ4n) is 4.22. The molecule has 208 valence electrons. The summed E-state index contributed by atoms with van der Waals surface area (Å²) in [5.74, 6) is 0.299. The van der Waals surface area contributed by atoms with Crippen LogP contribution in [-0.2, 0) is 9.59 Å². The number of ether oxygens (including phenoxy) is 3. The summed E-state index contributed by atoms with van der Waals surface area (Å²) in [6.07, 6.45) is 2.43. The van der Waals surface area contributed by atoms with Crippen molar-refractivity contribution < 1.29 is 28.6 Å². The smallest absolute Gasteiger partial charge is 0.335 e. The molecule has 0 aromatic heterocycles. The minimum Gasteiger partial charge on any atom is -0.493 e. The second-order valence-corrected chi connectivity index (χ2v) is 9.81. The van der Waals surface area contributed by atoms with Gasteiger partial charge in [0.05, 0.1) is 17.8 Å². The van der Waals surface area contributed by atoms with Crippen LogP contribution < -0.4 is 24.4 Å². The Bertz CT molecular complexity index is 1450. The molecule has 1 fully saturated rings. The number of imide groups is 2. The second-order valence-electron chi connectivity index (χ2n) is 9.41. The van der Waals surface area contributed by atoms with Gasteiger partial charge in [0, 0.05) is 0 Å². The molecule has 1 N–H and O–H groups in total. The van der Waals surface area contributed by atoms with Gasteiger partial charge in [0.15, 0.2) is 11.5 Å². The number of halogens is 1. The third kappa shape index (κ3) is 6.46. The number of nitrogens with zero attached hydrogens (tertiary/aromatic N) is 1. The zero-order chi connectivity index (χ0) is 28.8. The van der Waals surface area contributed by atoms with E-state index in [0.717, 1.165) is 22.6 Å². The van der Waals surface area contributed by atoms with Crippen molar-refractivity contribution in [3.05, 3.63) is 87.9 Å². The van der Waals surface area contributed by atoms with E-state index in [2.05, 4.69) is 31.3 Å². The average molecular weight is 563 g/mol. The first-order valence-electron chi connectivity index (χ1n) is 12.9. The Morgan fingerprint density at radius 2 is 1.73 bits per heavy atom. The molecule has 1 atom stereocenters. The van der Waals surface area contributed by atoms with Crippen LogP contribution in [0.15, 0.2) is 66.2 Å². The van der Waals surface area contributed by atoms with Crippen molar-refractivity contribution in [2.24, 2.45) is 0 Å². The van der Waals surface area contributed by atoms with Gasteiger partial charge in [0.1, 0.15) is 24.5 Å². The van der Waals surface area contributed by atoms with Gasteiger partial charge in [-0.05, 0) is 78.4 Å². The molecule has 4 amide bonds. The van der Waals surface area contributed by atoms with E-state index >= 15 is 0 Å². The molecule has 0 saturated carbocycles. The molecule has 3 aromatic carbocycles. The first-order chi connectivity index (χ1) is 19.2. The number of urea groups is 1. The lowest BCUT2D eigenvalue weighted by Gasteiger charge is -2.26. The highest BCUT2D eigenvalue weighted by molar-refractivity contribution is 6.39. The van der Waals surface area contributed by atoms with E-state index in [4.69, 9.17) is 25.8 Å². The number of aryl methyl sites for hydroxylation is 1. The normalized spacial score (nSPS) is 15.2. The molecule has 3 aromatic rings. The predicted molar refractivity (Wildman–Crippen MR) is 154 cm³/mol. The van der Waals surface area contributed by atoms with Crippen LogP contribution in [0, 0.1) is 6.92 Å². The maximum absolute atomic E-state index is 13.2. The number of carbonyl (C=O) groups is 3. The van der Waals surface area contributed by atoms with Crippen LogP contribution in [0.25, 0.3) is 6.08 Å². The lowest BCUT2D eigenvalue weighted by Crippen LogP contribution is -2.54. The maximum Gasteiger partial charge on any atom is 0.335 e. The maximum atomic E-state index is 13.2. The molecule has 1 aliphatic heterocycles. The zero-order valence-corrected chi connectivity index (χ0v) is 23.6. The van der Waals surface area contributed by atoms with E-state index in [1.165, 1.54) is 18.7 Å². The van der Waals surface area contributed by atoms with E-state index < -0.39 is 17.8 Å². The fourth-order valence-corrected chi connectivity index (χ4v) is 4.49. The lowest BCUT2D eigenvalue weighted by atomic mass is 9.99. The minimum atomic E-state index is -0.814. The van der Waals surface area contributed by atoms with Gasteiger partial charge in [-0.3, -0.25) is 14.9 Å². The van der Waals surface area contributed by atoms with E-state index in [1.54, 1.807) is 30.3 Å². The minimum absolute atomic E-state index is 0.206. The number of barbiturate groups is 1. The first kappa shape index (κ1) is 28.7. The predicted octanol–water partition coefficient (Wildman–Crippen LogP) is 6.29. The van der Waals surface area contributed by atoms with Crippen molar-refractivity contribution in [1.29, 1.82) is 0 Å². The van der Waals surface area contributed by atoms with Crippen molar-refractivity contribution in [3.8, 4) is 17.2 Å². The Morgan fingerprint density at radius 3 is 2.40 bits per heavy atom. The van der Waals surface area contributed by atoms with E-state index in [-0.39, 0.29) is 23.8 Å². The monoisotopic (exact) mass is 562 g/mol. The molecule has 0 spiro atoms. The van der Waals surface area contributed by atoms with Crippen LogP contribution in [0.2, 0.25) is 5.02 Å². The number of hydrogen-bond acceptors (Lipinski definition) is 6. The summed E-state index contributed by atoms with van der Waals surface area (Å²) >= 11 is 6.50. The zero-order valence-electron chi connectivity index (χ0n) is 22.8. The van der Waals surface area contributed by atoms with Crippen LogP contribution in [0.3, 0.4) is 0 Å². The van der Waals surface area contributed by atoms with Gasteiger partial charge in [-0.15, -0.1) is 0 Å². The highest BCUT2D eigenvalue weighted by Gasteiger charge is 2.37. The second kappa shape index (κ2) is 12.7. The largest absolute Gasteiger partial charge is 0.493 e. The van der Waals surface area contributed by atoms with Crippen molar-refractivity contribution in [2.75, 3.05) is 25.2 Å². The van der Waals surface area contributed by atoms with Gasteiger partial charge < -0.3 is 14.2 Å². The highest BCUT2D eigenvalue weighted by atomic mass is 35.5. The number of anilines is 1. The number of nitrogens with one attached hydrogen (secondary N) is 1. The number of hydrogen-bond donors (Lipinski definition) is 1. The Kier molecular flexibility index (Phi) is 9.11. The Hall–Kier alpha value is -4.30. The van der Waals surface area contributed by atoms with Crippen LogP contribution >= 0.6 is 11.6 Å². The molecular formula is C31H31ClN2O6. The molecule has 1 aliphatic rings. The molecule has 40 heavy (non-hydrogen) atoms. The van der Waals surface area contributed by atoms with E-state index in [0.29, 0.717) is 28.7 Å². The summed E-state index contributed by atoms with van der Waals surface area (Å²) in [6, 6.07) is 17.2. The number of benzene rings is 3. The summed E-state index contributed by atoms with van der Waals surface area (Å²) < 4.78 is 17.1. The van der Waals surface area contributed by atoms with Gasteiger partial charge in [-0.1, -0.05) is 49.7 Å². The molecule has 0 aliphatic carbocycles. The number of carbonyl (C=O) groups excluding carboxylic acids is 3. The van der Waals surface area contributed by atoms with Gasteiger partial charge in [-0.2, -0.15) is 0 Å². The summed E-state index contributed by atoms with van der Waals surface area (Å²) in [7, 11) is 1.46. The van der Waals surface area contributed by atoms with Crippen molar-refractivity contribution in [3.63, 3.8) is 0 Å². The van der Waals surface area contributed by atoms with Crippen molar-refractivity contribution >= 4 is 41.2 Å². The molecule has 0 bridgehead atoms. The van der Waals surface area contributed by atoms with Crippen LogP contribution in [0.5, 0.6) is 17.2 Å². The van der Waals surface area contributed by atoms with Gasteiger partial charge >= 0.3 is 6.03 Å². The Balaban J connectivity index is 1.47. The number of amides is 4. The molecule has 9 heteroatoms. The molecule has 1 saturated heterocycles. The lowest BCUT2D eigenvalue weighted by molar-refractivity contribution is -0.122. The average Bonchev–Trinajstić information content (AvgIpc) is 2.93. The first-order valence-corrected chi connectivity index (χ1v) is 13.3. The molecule has 0 radical (unpaired) electrons. The van der Waals surface area contributed by atoms with Gasteiger partial charge in [0.2, 0.25) is 0 Å². The third-order valence-corrected chi connectivity index (χ3v) is 6.87. The van der Waals surface area contributed by atoms with E-state index in [1.807, 2.05) is 25.1 Å². The molecule has 4 rings (SSSR count). The topological polar surface area (TPSA) is 94.2 Å². The van der Waals surface area contributed by atoms with Crippen molar-refractivity contribution in [1.82, 2.24) is 5.32 Å². The van der Waals surface area contributed by atoms with Crippen LogP contribution in [-0.4, -0.2) is 38.2 Å². The van der Waals surface area contributed by atoms with Crippen LogP contribution in [0.1, 0.15) is 42.9 Å². The molecular weight excluding hydrogens is 532 g/mol.